The fourth-order valence-corrected chi connectivity index (χ4v) is 1.20. The summed E-state index contributed by atoms with van der Waals surface area (Å²) >= 11 is 0. The van der Waals surface area contributed by atoms with Gasteiger partial charge in [0, 0.05) is 11.6 Å². The minimum atomic E-state index is -4.96. The maximum atomic E-state index is 12.5. The Morgan fingerprint density at radius 3 is 2.20 bits per heavy atom. The first-order valence-electron chi connectivity index (χ1n) is 3.76. The molecule has 0 aromatic carbocycles. The van der Waals surface area contributed by atoms with Crippen LogP contribution in [0.2, 0.25) is 0 Å². The van der Waals surface area contributed by atoms with Crippen LogP contribution in [0.5, 0.6) is 0 Å². The van der Waals surface area contributed by atoms with Gasteiger partial charge < -0.3 is 0 Å². The first-order valence-corrected chi connectivity index (χ1v) is 3.76. The van der Waals surface area contributed by atoms with Crippen LogP contribution < -0.4 is 0 Å². The molecule has 0 fully saturated rings. The molecule has 1 aromatic rings. The Bertz CT molecular complexity index is 370. The molecule has 0 aliphatic carbocycles. The van der Waals surface area contributed by atoms with Gasteiger partial charge in [-0.25, -0.2) is 13.8 Å². The molecule has 1 nitrogen and oxygen atoms in total. The Kier molecular flexibility index (Phi) is 2.92. The van der Waals surface area contributed by atoms with Crippen LogP contribution in [0.3, 0.4) is 0 Å². The van der Waals surface area contributed by atoms with E-state index in [0.29, 0.717) is 0 Å². The maximum Gasteiger partial charge on any atom is 0.418 e. The molecule has 0 N–H and O–H groups in total. The number of hydrogen-bond donors (Lipinski definition) is 0. The third-order valence-electron chi connectivity index (χ3n) is 1.72. The molecule has 1 heterocycles. The Morgan fingerprint density at radius 1 is 1.27 bits per heavy atom. The van der Waals surface area contributed by atoms with E-state index in [1.54, 1.807) is 0 Å². The van der Waals surface area contributed by atoms with Gasteiger partial charge >= 0.3 is 6.18 Å². The van der Waals surface area contributed by atoms with E-state index < -0.39 is 35.4 Å². The highest BCUT2D eigenvalue weighted by molar-refractivity contribution is 5.33. The van der Waals surface area contributed by atoms with E-state index in [2.05, 4.69) is 4.98 Å². The first-order chi connectivity index (χ1) is 6.73. The summed E-state index contributed by atoms with van der Waals surface area (Å²) in [6.45, 7) is 0.831. The van der Waals surface area contributed by atoms with Crippen LogP contribution in [0.15, 0.2) is 6.07 Å². The summed E-state index contributed by atoms with van der Waals surface area (Å²) in [5.41, 5.74) is -3.75. The van der Waals surface area contributed by atoms with Crippen molar-refractivity contribution in [1.82, 2.24) is 4.98 Å². The van der Waals surface area contributed by atoms with Crippen molar-refractivity contribution < 1.29 is 26.3 Å². The van der Waals surface area contributed by atoms with Crippen LogP contribution in [0.1, 0.15) is 23.2 Å². The fraction of sp³-hybridized carbons (Fsp3) is 0.375. The van der Waals surface area contributed by atoms with Gasteiger partial charge in [0.1, 0.15) is 0 Å². The predicted molar refractivity (Wildman–Crippen MR) is 38.9 cm³/mol. The second-order valence-electron chi connectivity index (χ2n) is 2.79. The summed E-state index contributed by atoms with van der Waals surface area (Å²) in [5.74, 6) is -1.35. The van der Waals surface area contributed by atoms with Crippen LogP contribution in [-0.4, -0.2) is 4.98 Å². The minimum absolute atomic E-state index is 0.0977. The first kappa shape index (κ1) is 11.8. The molecule has 84 valence electrons. The lowest BCUT2D eigenvalue weighted by molar-refractivity contribution is -0.140. The molecule has 7 heteroatoms. The Morgan fingerprint density at radius 2 is 1.80 bits per heavy atom. The molecule has 15 heavy (non-hydrogen) atoms. The monoisotopic (exact) mass is 229 g/mol. The molecule has 0 atom stereocenters. The second-order valence-corrected chi connectivity index (χ2v) is 2.79. The van der Waals surface area contributed by atoms with E-state index in [-0.39, 0.29) is 6.07 Å². The van der Waals surface area contributed by atoms with Gasteiger partial charge in [-0.05, 0) is 6.92 Å². The van der Waals surface area contributed by atoms with Crippen molar-refractivity contribution in [2.75, 3.05) is 0 Å². The molecule has 1 rings (SSSR count). The van der Waals surface area contributed by atoms with Crippen molar-refractivity contribution in [3.63, 3.8) is 0 Å². The van der Waals surface area contributed by atoms with Crippen LogP contribution in [0.4, 0.5) is 26.3 Å². The van der Waals surface area contributed by atoms with Crippen molar-refractivity contribution in [3.05, 3.63) is 28.8 Å². The van der Waals surface area contributed by atoms with Gasteiger partial charge in [-0.15, -0.1) is 0 Å². The number of pyridine rings is 1. The minimum Gasteiger partial charge on any atom is -0.224 e. The third kappa shape index (κ3) is 2.40. The Balaban J connectivity index is 3.48. The van der Waals surface area contributed by atoms with Gasteiger partial charge in [0.15, 0.2) is 0 Å². The van der Waals surface area contributed by atoms with Gasteiger partial charge in [0.2, 0.25) is 5.95 Å². The number of halogens is 6. The summed E-state index contributed by atoms with van der Waals surface area (Å²) in [5, 5.41) is 0. The van der Waals surface area contributed by atoms with Crippen LogP contribution in [-0.2, 0) is 6.18 Å². The lowest BCUT2D eigenvalue weighted by Crippen LogP contribution is -2.14. The average Bonchev–Trinajstić information content (AvgIpc) is 1.99. The number of aromatic nitrogens is 1. The maximum absolute atomic E-state index is 12.5. The van der Waals surface area contributed by atoms with Gasteiger partial charge in [-0.1, -0.05) is 0 Å². The topological polar surface area (TPSA) is 12.9 Å². The number of aryl methyl sites for hydroxylation is 1. The largest absolute Gasteiger partial charge is 0.418 e. The van der Waals surface area contributed by atoms with E-state index in [4.69, 9.17) is 0 Å². The second kappa shape index (κ2) is 3.71. The summed E-state index contributed by atoms with van der Waals surface area (Å²) in [6, 6.07) is 0.0977. The van der Waals surface area contributed by atoms with Gasteiger partial charge in [-0.3, -0.25) is 0 Å². The van der Waals surface area contributed by atoms with E-state index in [0.717, 1.165) is 6.92 Å². The zero-order valence-corrected chi connectivity index (χ0v) is 7.37. The van der Waals surface area contributed by atoms with Crippen molar-refractivity contribution in [2.24, 2.45) is 0 Å². The van der Waals surface area contributed by atoms with Crippen LogP contribution >= 0.6 is 0 Å². The smallest absolute Gasteiger partial charge is 0.224 e. The highest BCUT2D eigenvalue weighted by Crippen LogP contribution is 2.37. The Hall–Kier alpha value is -1.27. The average molecular weight is 229 g/mol. The summed E-state index contributed by atoms with van der Waals surface area (Å²) < 4.78 is 73.9. The van der Waals surface area contributed by atoms with Gasteiger partial charge in [-0.2, -0.15) is 17.6 Å². The Labute approximate surface area is 80.7 Å². The van der Waals surface area contributed by atoms with Crippen molar-refractivity contribution in [1.29, 1.82) is 0 Å². The van der Waals surface area contributed by atoms with E-state index in [9.17, 15) is 26.3 Å². The van der Waals surface area contributed by atoms with Crippen molar-refractivity contribution in [3.8, 4) is 0 Å². The molecule has 0 saturated heterocycles. The molecule has 0 amide bonds. The molecule has 0 spiro atoms. The number of hydrogen-bond acceptors (Lipinski definition) is 1. The number of alkyl halides is 5. The van der Waals surface area contributed by atoms with Gasteiger partial charge in [0.05, 0.1) is 11.3 Å². The molecule has 0 saturated carbocycles. The highest BCUT2D eigenvalue weighted by Gasteiger charge is 2.38. The third-order valence-corrected chi connectivity index (χ3v) is 1.72. The van der Waals surface area contributed by atoms with Crippen LogP contribution in [0, 0.1) is 12.9 Å². The van der Waals surface area contributed by atoms with Crippen molar-refractivity contribution >= 4 is 0 Å². The standard InChI is InChI=1S/C8H5F6N/c1-3-6(8(12,13)14)4(7(10)11)2-5(9)15-3/h2,7H,1H3. The molecular formula is C8H5F6N. The summed E-state index contributed by atoms with van der Waals surface area (Å²) in [4.78, 5) is 2.86. The lowest BCUT2D eigenvalue weighted by Gasteiger charge is -2.14. The van der Waals surface area contributed by atoms with E-state index in [1.807, 2.05) is 0 Å². The molecule has 0 bridgehead atoms. The summed E-state index contributed by atoms with van der Waals surface area (Å²) in [7, 11) is 0. The lowest BCUT2D eigenvalue weighted by atomic mass is 10.1. The predicted octanol–water partition coefficient (Wildman–Crippen LogP) is 3.49. The molecule has 0 radical (unpaired) electrons. The zero-order chi connectivity index (χ0) is 11.8. The van der Waals surface area contributed by atoms with Gasteiger partial charge in [0.25, 0.3) is 6.43 Å². The summed E-state index contributed by atoms with van der Waals surface area (Å²) in [6.07, 6.45) is -8.35. The zero-order valence-electron chi connectivity index (χ0n) is 7.37. The molecule has 0 unspecified atom stereocenters. The normalized spacial score (nSPS) is 12.3. The number of nitrogens with zero attached hydrogens (tertiary/aromatic N) is 1. The van der Waals surface area contributed by atoms with E-state index in [1.165, 1.54) is 0 Å². The SMILES string of the molecule is Cc1nc(F)cc(C(F)F)c1C(F)(F)F. The van der Waals surface area contributed by atoms with Crippen molar-refractivity contribution in [2.45, 2.75) is 19.5 Å². The quantitative estimate of drug-likeness (QED) is 0.530. The molecule has 0 aliphatic rings. The number of rotatable bonds is 1. The van der Waals surface area contributed by atoms with Crippen LogP contribution in [0.25, 0.3) is 0 Å². The fourth-order valence-electron chi connectivity index (χ4n) is 1.20. The molecule has 0 aliphatic heterocycles. The molecular weight excluding hydrogens is 224 g/mol. The molecule has 1 aromatic heterocycles. The van der Waals surface area contributed by atoms with E-state index >= 15 is 0 Å². The highest BCUT2D eigenvalue weighted by atomic mass is 19.4.